The molecule has 0 rings (SSSR count). The van der Waals surface area contributed by atoms with Crippen molar-refractivity contribution in [2.75, 3.05) is 6.61 Å². The summed E-state index contributed by atoms with van der Waals surface area (Å²) in [6, 6.07) is 0. The number of unbranched alkanes of at least 4 members (excludes halogenated alkanes) is 7. The Morgan fingerprint density at radius 2 is 1.36 bits per heavy atom. The molecule has 0 amide bonds. The molecule has 2 nitrogen and oxygen atoms in total. The molecule has 22 heavy (non-hydrogen) atoms. The van der Waals surface area contributed by atoms with E-state index < -0.39 is 0 Å². The van der Waals surface area contributed by atoms with Crippen molar-refractivity contribution in [1.82, 2.24) is 0 Å². The highest BCUT2D eigenvalue weighted by atomic mass is 16.5. The van der Waals surface area contributed by atoms with Crippen molar-refractivity contribution in [2.24, 2.45) is 0 Å². The summed E-state index contributed by atoms with van der Waals surface area (Å²) in [6.07, 6.45) is 25.7. The van der Waals surface area contributed by atoms with E-state index in [-0.39, 0.29) is 5.97 Å². The maximum atomic E-state index is 11.0. The molecule has 0 aliphatic rings. The fourth-order valence-electron chi connectivity index (χ4n) is 1.98. The van der Waals surface area contributed by atoms with Crippen LogP contribution in [0.15, 0.2) is 48.6 Å². The lowest BCUT2D eigenvalue weighted by Crippen LogP contribution is -1.98. The molecule has 124 valence electrons. The molecule has 0 spiro atoms. The predicted molar refractivity (Wildman–Crippen MR) is 95.8 cm³/mol. The zero-order chi connectivity index (χ0) is 16.3. The highest BCUT2D eigenvalue weighted by Crippen LogP contribution is 2.08. The summed E-state index contributed by atoms with van der Waals surface area (Å²) in [5.74, 6) is -0.300. The Labute approximate surface area is 136 Å². The zero-order valence-corrected chi connectivity index (χ0v) is 14.3. The third kappa shape index (κ3) is 16.5. The summed E-state index contributed by atoms with van der Waals surface area (Å²) in [6.45, 7) is 4.46. The van der Waals surface area contributed by atoms with Crippen LogP contribution in [0.25, 0.3) is 0 Å². The Bertz CT molecular complexity index is 362. The fourth-order valence-corrected chi connectivity index (χ4v) is 1.98. The highest BCUT2D eigenvalue weighted by molar-refractivity contribution is 5.82. The number of carbonyl (C=O) groups is 1. The molecule has 0 heterocycles. The van der Waals surface area contributed by atoms with Crippen LogP contribution in [0, 0.1) is 0 Å². The molecular weight excluding hydrogens is 272 g/mol. The summed E-state index contributed by atoms with van der Waals surface area (Å²) < 4.78 is 4.77. The summed E-state index contributed by atoms with van der Waals surface area (Å²) in [5, 5.41) is 0. The first kappa shape index (κ1) is 20.4. The van der Waals surface area contributed by atoms with Crippen molar-refractivity contribution in [3.8, 4) is 0 Å². The normalized spacial score (nSPS) is 12.3. The molecular formula is C20H32O2. The number of carbonyl (C=O) groups excluding carboxylic acids is 1. The van der Waals surface area contributed by atoms with Crippen LogP contribution >= 0.6 is 0 Å². The Morgan fingerprint density at radius 3 is 2.05 bits per heavy atom. The summed E-state index contributed by atoms with van der Waals surface area (Å²) in [7, 11) is 0. The van der Waals surface area contributed by atoms with Crippen LogP contribution in [0.5, 0.6) is 0 Å². The van der Waals surface area contributed by atoms with Gasteiger partial charge in [-0.2, -0.15) is 0 Å². The van der Waals surface area contributed by atoms with E-state index in [2.05, 4.69) is 19.1 Å². The van der Waals surface area contributed by atoms with E-state index in [1.165, 1.54) is 51.0 Å². The highest BCUT2D eigenvalue weighted by Gasteiger charge is 1.90. The third-order valence-corrected chi connectivity index (χ3v) is 3.18. The molecule has 0 aliphatic carbocycles. The van der Waals surface area contributed by atoms with Crippen LogP contribution in [0.3, 0.4) is 0 Å². The zero-order valence-electron chi connectivity index (χ0n) is 14.3. The second kappa shape index (κ2) is 17.5. The molecule has 0 bridgehead atoms. The average Bonchev–Trinajstić information content (AvgIpc) is 2.51. The van der Waals surface area contributed by atoms with E-state index in [1.807, 2.05) is 24.3 Å². The standard InChI is InChI=1S/C20H32O2/c1-3-5-6-7-8-9-10-11-12-13-14-15-16-17-18-19-20(21)22-4-2/h12-19H,3-11H2,1-2H3. The van der Waals surface area contributed by atoms with Crippen molar-refractivity contribution in [3.63, 3.8) is 0 Å². The smallest absolute Gasteiger partial charge is 0.330 e. The minimum absolute atomic E-state index is 0.300. The van der Waals surface area contributed by atoms with Crippen LogP contribution in [0.2, 0.25) is 0 Å². The van der Waals surface area contributed by atoms with Gasteiger partial charge in [0.1, 0.15) is 0 Å². The van der Waals surface area contributed by atoms with Crippen LogP contribution in [-0.2, 0) is 9.53 Å². The Hall–Kier alpha value is -1.57. The van der Waals surface area contributed by atoms with Gasteiger partial charge in [-0.05, 0) is 19.8 Å². The lowest BCUT2D eigenvalue weighted by molar-refractivity contribution is -0.137. The average molecular weight is 304 g/mol. The Kier molecular flexibility index (Phi) is 16.2. The van der Waals surface area contributed by atoms with Crippen molar-refractivity contribution in [3.05, 3.63) is 48.6 Å². The molecule has 0 aromatic carbocycles. The number of rotatable bonds is 13. The first-order valence-corrected chi connectivity index (χ1v) is 8.64. The quantitative estimate of drug-likeness (QED) is 0.183. The van der Waals surface area contributed by atoms with Gasteiger partial charge < -0.3 is 4.74 Å². The van der Waals surface area contributed by atoms with Gasteiger partial charge in [0.25, 0.3) is 0 Å². The van der Waals surface area contributed by atoms with Gasteiger partial charge in [-0.1, -0.05) is 88.0 Å². The first-order valence-electron chi connectivity index (χ1n) is 8.64. The number of esters is 1. The monoisotopic (exact) mass is 304 g/mol. The second-order valence-electron chi connectivity index (χ2n) is 5.22. The molecule has 2 heteroatoms. The Morgan fingerprint density at radius 1 is 0.773 bits per heavy atom. The van der Waals surface area contributed by atoms with Gasteiger partial charge >= 0.3 is 5.97 Å². The van der Waals surface area contributed by atoms with Crippen molar-refractivity contribution in [2.45, 2.75) is 65.2 Å². The van der Waals surface area contributed by atoms with Crippen molar-refractivity contribution in [1.29, 1.82) is 0 Å². The molecule has 0 unspecified atom stereocenters. The van der Waals surface area contributed by atoms with E-state index in [0.29, 0.717) is 6.61 Å². The number of allylic oxidation sites excluding steroid dienone is 7. The third-order valence-electron chi connectivity index (χ3n) is 3.18. The van der Waals surface area contributed by atoms with Crippen molar-refractivity contribution >= 4 is 5.97 Å². The van der Waals surface area contributed by atoms with Crippen LogP contribution < -0.4 is 0 Å². The van der Waals surface area contributed by atoms with E-state index in [1.54, 1.807) is 13.0 Å². The number of hydrogen-bond donors (Lipinski definition) is 0. The Balaban J connectivity index is 3.50. The van der Waals surface area contributed by atoms with E-state index in [0.717, 1.165) is 6.42 Å². The molecule has 0 aromatic heterocycles. The van der Waals surface area contributed by atoms with Gasteiger partial charge in [-0.15, -0.1) is 0 Å². The minimum Gasteiger partial charge on any atom is -0.463 e. The largest absolute Gasteiger partial charge is 0.463 e. The lowest BCUT2D eigenvalue weighted by Gasteiger charge is -1.98. The van der Waals surface area contributed by atoms with Crippen LogP contribution in [0.4, 0.5) is 0 Å². The topological polar surface area (TPSA) is 26.3 Å². The van der Waals surface area contributed by atoms with Gasteiger partial charge in [0.15, 0.2) is 0 Å². The first-order chi connectivity index (χ1) is 10.8. The summed E-state index contributed by atoms with van der Waals surface area (Å²) in [5.41, 5.74) is 0. The van der Waals surface area contributed by atoms with Gasteiger partial charge in [0.2, 0.25) is 0 Å². The lowest BCUT2D eigenvalue weighted by atomic mass is 10.1. The molecule has 0 saturated heterocycles. The van der Waals surface area contributed by atoms with Gasteiger partial charge in [-0.3, -0.25) is 0 Å². The van der Waals surface area contributed by atoms with E-state index in [9.17, 15) is 4.79 Å². The van der Waals surface area contributed by atoms with Gasteiger partial charge in [-0.25, -0.2) is 4.79 Å². The number of ether oxygens (including phenoxy) is 1. The maximum absolute atomic E-state index is 11.0. The fraction of sp³-hybridized carbons (Fsp3) is 0.550. The minimum atomic E-state index is -0.300. The van der Waals surface area contributed by atoms with E-state index in [4.69, 9.17) is 4.74 Å². The SMILES string of the molecule is CCCCCCCCCC=CC=CC=CC=CC(=O)OCC. The second-order valence-corrected chi connectivity index (χ2v) is 5.22. The number of hydrogen-bond acceptors (Lipinski definition) is 2. The molecule has 0 saturated carbocycles. The van der Waals surface area contributed by atoms with Gasteiger partial charge in [0, 0.05) is 6.08 Å². The van der Waals surface area contributed by atoms with Crippen molar-refractivity contribution < 1.29 is 9.53 Å². The summed E-state index contributed by atoms with van der Waals surface area (Å²) in [4.78, 5) is 11.0. The van der Waals surface area contributed by atoms with Crippen LogP contribution in [-0.4, -0.2) is 12.6 Å². The summed E-state index contributed by atoms with van der Waals surface area (Å²) >= 11 is 0. The maximum Gasteiger partial charge on any atom is 0.330 e. The molecule has 0 aromatic rings. The molecule has 0 aliphatic heterocycles. The van der Waals surface area contributed by atoms with Gasteiger partial charge in [0.05, 0.1) is 6.61 Å². The molecule has 0 fully saturated rings. The predicted octanol–water partition coefficient (Wildman–Crippen LogP) is 5.92. The van der Waals surface area contributed by atoms with Crippen LogP contribution in [0.1, 0.15) is 65.2 Å². The molecule has 0 N–H and O–H groups in total. The molecule has 0 radical (unpaired) electrons. The van der Waals surface area contributed by atoms with E-state index >= 15 is 0 Å². The molecule has 0 atom stereocenters.